The molecule has 0 aromatic rings. The Balaban J connectivity index is 1.50. The van der Waals surface area contributed by atoms with Crippen molar-refractivity contribution in [1.82, 2.24) is 4.90 Å². The molecule has 4 rings (SSSR count). The number of hydrogen-bond donors (Lipinski definition) is 1. The first-order valence-corrected chi connectivity index (χ1v) is 8.67. The van der Waals surface area contributed by atoms with Crippen LogP contribution in [0.3, 0.4) is 0 Å². The van der Waals surface area contributed by atoms with Crippen LogP contribution in [0.2, 0.25) is 0 Å². The summed E-state index contributed by atoms with van der Waals surface area (Å²) in [7, 11) is 0. The Morgan fingerprint density at radius 3 is 2.00 bits per heavy atom. The standard InChI is InChI=1S/C17H31NO2/c1-3-18(4-2)11-16(19)12-20-17-8-13-5-14(9-17)7-15(6-13)10-17/h13-16,19H,3-12H2,1-2H3. The Morgan fingerprint density at radius 2 is 1.55 bits per heavy atom. The van der Waals surface area contributed by atoms with E-state index in [9.17, 15) is 5.11 Å². The van der Waals surface area contributed by atoms with Gasteiger partial charge in [0.25, 0.3) is 0 Å². The number of likely N-dealkylation sites (N-methyl/N-ethyl adjacent to an activating group) is 1. The molecule has 0 aromatic carbocycles. The molecule has 116 valence electrons. The molecule has 20 heavy (non-hydrogen) atoms. The lowest BCUT2D eigenvalue weighted by Gasteiger charge is -2.56. The Labute approximate surface area is 123 Å². The van der Waals surface area contributed by atoms with Gasteiger partial charge >= 0.3 is 0 Å². The summed E-state index contributed by atoms with van der Waals surface area (Å²) in [5.41, 5.74) is 0.138. The van der Waals surface area contributed by atoms with Gasteiger partial charge in [0.15, 0.2) is 0 Å². The first-order chi connectivity index (χ1) is 9.62. The van der Waals surface area contributed by atoms with Crippen molar-refractivity contribution in [1.29, 1.82) is 0 Å². The molecule has 0 aliphatic heterocycles. The van der Waals surface area contributed by atoms with Crippen LogP contribution in [0.15, 0.2) is 0 Å². The van der Waals surface area contributed by atoms with Gasteiger partial charge in [-0.15, -0.1) is 0 Å². The Kier molecular flexibility index (Phi) is 4.40. The summed E-state index contributed by atoms with van der Waals surface area (Å²) in [5, 5.41) is 10.2. The molecule has 1 atom stereocenters. The van der Waals surface area contributed by atoms with Gasteiger partial charge in [0.1, 0.15) is 0 Å². The summed E-state index contributed by atoms with van der Waals surface area (Å²) in [6, 6.07) is 0. The number of aliphatic hydroxyl groups excluding tert-OH is 1. The second-order valence-electron chi connectivity index (χ2n) is 7.55. The summed E-state index contributed by atoms with van der Waals surface area (Å²) in [4.78, 5) is 2.27. The van der Waals surface area contributed by atoms with Gasteiger partial charge in [-0.3, -0.25) is 0 Å². The van der Waals surface area contributed by atoms with Gasteiger partial charge in [-0.1, -0.05) is 13.8 Å². The fourth-order valence-corrected chi connectivity index (χ4v) is 5.31. The second-order valence-corrected chi connectivity index (χ2v) is 7.55. The lowest BCUT2D eigenvalue weighted by molar-refractivity contribution is -0.176. The maximum Gasteiger partial charge on any atom is 0.0900 e. The SMILES string of the molecule is CCN(CC)CC(O)COC12CC3CC(CC(C3)C1)C2. The smallest absolute Gasteiger partial charge is 0.0900 e. The molecule has 4 fully saturated rings. The first-order valence-electron chi connectivity index (χ1n) is 8.67. The van der Waals surface area contributed by atoms with Crippen molar-refractivity contribution in [2.75, 3.05) is 26.2 Å². The third-order valence-electron chi connectivity index (χ3n) is 5.93. The molecule has 1 N–H and O–H groups in total. The number of ether oxygens (including phenoxy) is 1. The molecule has 4 bridgehead atoms. The summed E-state index contributed by atoms with van der Waals surface area (Å²) in [5.74, 6) is 2.75. The molecule has 4 saturated carbocycles. The predicted molar refractivity (Wildman–Crippen MR) is 80.6 cm³/mol. The van der Waals surface area contributed by atoms with Crippen molar-refractivity contribution in [2.45, 2.75) is 64.1 Å². The van der Waals surface area contributed by atoms with E-state index in [0.717, 1.165) is 37.4 Å². The highest BCUT2D eigenvalue weighted by Gasteiger charge is 2.51. The topological polar surface area (TPSA) is 32.7 Å². The van der Waals surface area contributed by atoms with Crippen molar-refractivity contribution >= 4 is 0 Å². The zero-order valence-electron chi connectivity index (χ0n) is 13.2. The molecular weight excluding hydrogens is 250 g/mol. The number of hydrogen-bond acceptors (Lipinski definition) is 3. The molecule has 0 heterocycles. The second kappa shape index (κ2) is 5.94. The minimum Gasteiger partial charge on any atom is -0.389 e. The van der Waals surface area contributed by atoms with E-state index in [1.165, 1.54) is 38.5 Å². The van der Waals surface area contributed by atoms with Gasteiger partial charge in [-0.2, -0.15) is 0 Å². The monoisotopic (exact) mass is 281 g/mol. The predicted octanol–water partition coefficient (Wildman–Crippen LogP) is 2.67. The third-order valence-corrected chi connectivity index (χ3v) is 5.93. The molecule has 0 aromatic heterocycles. The summed E-state index contributed by atoms with van der Waals surface area (Å²) in [6.07, 6.45) is 7.80. The number of rotatable bonds is 7. The quantitative estimate of drug-likeness (QED) is 0.779. The highest BCUT2D eigenvalue weighted by Crippen LogP contribution is 2.57. The average Bonchev–Trinajstić information content (AvgIpc) is 2.41. The molecule has 0 saturated heterocycles. The van der Waals surface area contributed by atoms with Crippen LogP contribution in [0.4, 0.5) is 0 Å². The molecule has 4 aliphatic carbocycles. The highest BCUT2D eigenvalue weighted by molar-refractivity contribution is 5.03. The fourth-order valence-electron chi connectivity index (χ4n) is 5.31. The highest BCUT2D eigenvalue weighted by atomic mass is 16.5. The van der Waals surface area contributed by atoms with Crippen LogP contribution in [0, 0.1) is 17.8 Å². The van der Waals surface area contributed by atoms with E-state index in [2.05, 4.69) is 18.7 Å². The van der Waals surface area contributed by atoms with Crippen molar-refractivity contribution in [3.63, 3.8) is 0 Å². The van der Waals surface area contributed by atoms with Crippen LogP contribution in [-0.4, -0.2) is 48.0 Å². The normalized spacial score (nSPS) is 40.5. The van der Waals surface area contributed by atoms with E-state index in [1.54, 1.807) is 0 Å². The van der Waals surface area contributed by atoms with Gasteiger partial charge in [-0.25, -0.2) is 0 Å². The van der Waals surface area contributed by atoms with Crippen molar-refractivity contribution in [2.24, 2.45) is 17.8 Å². The zero-order chi connectivity index (χ0) is 14.2. The van der Waals surface area contributed by atoms with Crippen LogP contribution in [0.1, 0.15) is 52.4 Å². The molecule has 0 radical (unpaired) electrons. The van der Waals surface area contributed by atoms with Crippen LogP contribution in [0.5, 0.6) is 0 Å². The van der Waals surface area contributed by atoms with Gasteiger partial charge in [0, 0.05) is 6.54 Å². The Morgan fingerprint density at radius 1 is 1.05 bits per heavy atom. The number of nitrogens with zero attached hydrogens (tertiary/aromatic N) is 1. The summed E-state index contributed by atoms with van der Waals surface area (Å²) < 4.78 is 6.32. The summed E-state index contributed by atoms with van der Waals surface area (Å²) >= 11 is 0. The van der Waals surface area contributed by atoms with Gasteiger partial charge in [-0.05, 0) is 69.4 Å². The van der Waals surface area contributed by atoms with Crippen LogP contribution in [-0.2, 0) is 4.74 Å². The van der Waals surface area contributed by atoms with Crippen LogP contribution in [0.25, 0.3) is 0 Å². The fraction of sp³-hybridized carbons (Fsp3) is 1.00. The van der Waals surface area contributed by atoms with E-state index in [0.29, 0.717) is 6.61 Å². The van der Waals surface area contributed by atoms with Crippen LogP contribution < -0.4 is 0 Å². The largest absolute Gasteiger partial charge is 0.389 e. The van der Waals surface area contributed by atoms with E-state index in [4.69, 9.17) is 4.74 Å². The van der Waals surface area contributed by atoms with E-state index >= 15 is 0 Å². The number of aliphatic hydroxyl groups is 1. The van der Waals surface area contributed by atoms with Gasteiger partial charge < -0.3 is 14.7 Å². The molecule has 4 aliphatic rings. The van der Waals surface area contributed by atoms with Crippen molar-refractivity contribution < 1.29 is 9.84 Å². The molecule has 0 spiro atoms. The van der Waals surface area contributed by atoms with Gasteiger partial charge in [0.05, 0.1) is 18.3 Å². The molecule has 0 amide bonds. The van der Waals surface area contributed by atoms with Gasteiger partial charge in [0.2, 0.25) is 0 Å². The molecular formula is C17H31NO2. The van der Waals surface area contributed by atoms with E-state index < -0.39 is 0 Å². The zero-order valence-corrected chi connectivity index (χ0v) is 13.2. The molecule has 3 heteroatoms. The Bertz CT molecular complexity index is 292. The van der Waals surface area contributed by atoms with E-state index in [1.807, 2.05) is 0 Å². The molecule has 1 unspecified atom stereocenters. The lowest BCUT2D eigenvalue weighted by atomic mass is 9.54. The maximum atomic E-state index is 10.2. The lowest BCUT2D eigenvalue weighted by Crippen LogP contribution is -2.53. The van der Waals surface area contributed by atoms with Crippen molar-refractivity contribution in [3.8, 4) is 0 Å². The Hall–Kier alpha value is -0.120. The van der Waals surface area contributed by atoms with Crippen molar-refractivity contribution in [3.05, 3.63) is 0 Å². The first kappa shape index (κ1) is 14.8. The molecule has 3 nitrogen and oxygen atoms in total. The minimum absolute atomic E-state index is 0.138. The average molecular weight is 281 g/mol. The van der Waals surface area contributed by atoms with E-state index in [-0.39, 0.29) is 11.7 Å². The summed E-state index contributed by atoms with van der Waals surface area (Å²) in [6.45, 7) is 7.59. The third kappa shape index (κ3) is 3.05. The minimum atomic E-state index is -0.331. The van der Waals surface area contributed by atoms with Crippen LogP contribution >= 0.6 is 0 Å². The maximum absolute atomic E-state index is 10.2.